The Bertz CT molecular complexity index is 626. The van der Waals surface area contributed by atoms with Crippen LogP contribution in [0.25, 0.3) is 0 Å². The molecule has 3 N–H and O–H groups in total. The lowest BCUT2D eigenvalue weighted by atomic mass is 10.1. The summed E-state index contributed by atoms with van der Waals surface area (Å²) < 4.78 is 11.1. The quantitative estimate of drug-likeness (QED) is 0.821. The van der Waals surface area contributed by atoms with Crippen LogP contribution in [0, 0.1) is 0 Å². The maximum atomic E-state index is 11.5. The third-order valence-corrected chi connectivity index (χ3v) is 2.94. The summed E-state index contributed by atoms with van der Waals surface area (Å²) in [6.45, 7) is 2.32. The molecule has 2 aromatic carbocycles. The molecule has 2 rings (SSSR count). The van der Waals surface area contributed by atoms with E-state index < -0.39 is 5.97 Å². The average molecular weight is 301 g/mol. The van der Waals surface area contributed by atoms with Gasteiger partial charge in [0.2, 0.25) is 0 Å². The molecule has 0 saturated heterocycles. The van der Waals surface area contributed by atoms with Crippen molar-refractivity contribution in [3.63, 3.8) is 0 Å². The van der Waals surface area contributed by atoms with Crippen molar-refractivity contribution < 1.29 is 19.4 Å². The minimum atomic E-state index is -1.09. The van der Waals surface area contributed by atoms with Crippen LogP contribution in [0.2, 0.25) is 0 Å². The van der Waals surface area contributed by atoms with Crippen LogP contribution >= 0.6 is 0 Å². The van der Waals surface area contributed by atoms with Gasteiger partial charge in [-0.05, 0) is 24.6 Å². The monoisotopic (exact) mass is 301 g/mol. The Morgan fingerprint density at radius 1 is 1.09 bits per heavy atom. The number of carboxylic acid groups (broad SMARTS) is 1. The highest BCUT2D eigenvalue weighted by Gasteiger charge is 2.18. The van der Waals surface area contributed by atoms with E-state index in [9.17, 15) is 9.90 Å². The van der Waals surface area contributed by atoms with Crippen molar-refractivity contribution in [1.29, 1.82) is 0 Å². The molecule has 2 aromatic rings. The first-order chi connectivity index (χ1) is 10.6. The second-order valence-corrected chi connectivity index (χ2v) is 5.00. The third-order valence-electron chi connectivity index (χ3n) is 2.94. The number of ether oxygens (including phenoxy) is 2. The fourth-order valence-electron chi connectivity index (χ4n) is 1.92. The van der Waals surface area contributed by atoms with Gasteiger partial charge >= 0.3 is 5.97 Å². The molecule has 0 amide bonds. The predicted octanol–water partition coefficient (Wildman–Crippen LogP) is 2.69. The Morgan fingerprint density at radius 3 is 2.32 bits per heavy atom. The van der Waals surface area contributed by atoms with E-state index in [1.54, 1.807) is 25.1 Å². The largest absolute Gasteiger partial charge is 0.491 e. The van der Waals surface area contributed by atoms with E-state index in [1.165, 1.54) is 0 Å². The van der Waals surface area contributed by atoms with E-state index in [4.69, 9.17) is 15.2 Å². The highest BCUT2D eigenvalue weighted by Crippen LogP contribution is 2.29. The van der Waals surface area contributed by atoms with E-state index in [0.29, 0.717) is 0 Å². The fraction of sp³-hybridized carbons (Fsp3) is 0.235. The molecule has 0 aliphatic carbocycles. The number of carboxylic acids is 1. The van der Waals surface area contributed by atoms with Crippen molar-refractivity contribution in [3.8, 4) is 11.5 Å². The maximum absolute atomic E-state index is 11.5. The average Bonchev–Trinajstić information content (AvgIpc) is 2.51. The second kappa shape index (κ2) is 7.47. The molecule has 0 heterocycles. The lowest BCUT2D eigenvalue weighted by Crippen LogP contribution is -2.24. The van der Waals surface area contributed by atoms with E-state index in [1.807, 2.05) is 30.3 Å². The molecule has 0 radical (unpaired) electrons. The summed E-state index contributed by atoms with van der Waals surface area (Å²) in [6.07, 6.45) is 0. The van der Waals surface area contributed by atoms with Crippen LogP contribution in [0.5, 0.6) is 11.5 Å². The molecule has 5 nitrogen and oxygen atoms in total. The first-order valence-corrected chi connectivity index (χ1v) is 6.99. The highest BCUT2D eigenvalue weighted by molar-refractivity contribution is 5.94. The topological polar surface area (TPSA) is 81.8 Å². The zero-order valence-electron chi connectivity index (χ0n) is 12.4. The number of hydrogen-bond donors (Lipinski definition) is 2. The van der Waals surface area contributed by atoms with Crippen molar-refractivity contribution in [3.05, 3.63) is 59.7 Å². The first kappa shape index (κ1) is 15.9. The van der Waals surface area contributed by atoms with Crippen LogP contribution in [0.15, 0.2) is 48.5 Å². The van der Waals surface area contributed by atoms with Gasteiger partial charge < -0.3 is 20.3 Å². The number of hydrogen-bond acceptors (Lipinski definition) is 4. The number of benzene rings is 2. The fourth-order valence-corrected chi connectivity index (χ4v) is 1.92. The van der Waals surface area contributed by atoms with E-state index in [2.05, 4.69) is 0 Å². The van der Waals surface area contributed by atoms with Gasteiger partial charge in [-0.3, -0.25) is 0 Å². The van der Waals surface area contributed by atoms with Crippen LogP contribution in [-0.4, -0.2) is 23.7 Å². The van der Waals surface area contributed by atoms with Gasteiger partial charge in [0.25, 0.3) is 0 Å². The lowest BCUT2D eigenvalue weighted by molar-refractivity contribution is 0.0686. The molecule has 0 spiro atoms. The molecular formula is C17H19NO4. The summed E-state index contributed by atoms with van der Waals surface area (Å²) in [5, 5.41) is 9.42. The number of carbonyl (C=O) groups is 1. The normalized spacial score (nSPS) is 11.7. The molecule has 0 unspecified atom stereocenters. The van der Waals surface area contributed by atoms with Crippen LogP contribution in [0.4, 0.5) is 0 Å². The molecule has 0 saturated carbocycles. The van der Waals surface area contributed by atoms with Crippen LogP contribution < -0.4 is 15.2 Å². The molecule has 0 fully saturated rings. The molecule has 0 aliphatic heterocycles. The van der Waals surface area contributed by atoms with Gasteiger partial charge in [-0.25, -0.2) is 4.79 Å². The Balaban J connectivity index is 2.19. The van der Waals surface area contributed by atoms with Crippen molar-refractivity contribution >= 4 is 5.97 Å². The molecule has 22 heavy (non-hydrogen) atoms. The van der Waals surface area contributed by atoms with Gasteiger partial charge in [0.1, 0.15) is 30.3 Å². The van der Waals surface area contributed by atoms with E-state index in [-0.39, 0.29) is 36.3 Å². The SMILES string of the molecule is C[C@H](N)COc1cccc(OCc2ccccc2)c1C(=O)O. The summed E-state index contributed by atoms with van der Waals surface area (Å²) in [5.74, 6) is -0.558. The number of nitrogens with two attached hydrogens (primary N) is 1. The minimum absolute atomic E-state index is 0.0130. The van der Waals surface area contributed by atoms with Crippen LogP contribution in [0.3, 0.4) is 0 Å². The molecule has 0 bridgehead atoms. The Labute approximate surface area is 129 Å². The standard InChI is InChI=1S/C17H19NO4/c1-12(18)10-21-14-8-5-9-15(16(14)17(19)20)22-11-13-6-3-2-4-7-13/h2-9,12H,10-11,18H2,1H3,(H,19,20)/t12-/m0/s1. The van der Waals surface area contributed by atoms with E-state index >= 15 is 0 Å². The van der Waals surface area contributed by atoms with Crippen molar-refractivity contribution in [2.24, 2.45) is 5.73 Å². The summed E-state index contributed by atoms with van der Waals surface area (Å²) in [4.78, 5) is 11.5. The third kappa shape index (κ3) is 4.23. The smallest absolute Gasteiger partial charge is 0.343 e. The molecule has 1 atom stereocenters. The molecule has 5 heteroatoms. The molecular weight excluding hydrogens is 282 g/mol. The van der Waals surface area contributed by atoms with Gasteiger partial charge in [0.15, 0.2) is 0 Å². The number of aromatic carboxylic acids is 1. The van der Waals surface area contributed by atoms with Crippen molar-refractivity contribution in [2.75, 3.05) is 6.61 Å². The Kier molecular flexibility index (Phi) is 5.38. The Hall–Kier alpha value is -2.53. The molecule has 0 aromatic heterocycles. The molecule has 0 aliphatic rings. The van der Waals surface area contributed by atoms with Crippen molar-refractivity contribution in [2.45, 2.75) is 19.6 Å². The van der Waals surface area contributed by atoms with Gasteiger partial charge in [0.05, 0.1) is 0 Å². The van der Waals surface area contributed by atoms with Gasteiger partial charge in [-0.1, -0.05) is 36.4 Å². The predicted molar refractivity (Wildman–Crippen MR) is 83.3 cm³/mol. The van der Waals surface area contributed by atoms with E-state index in [0.717, 1.165) is 5.56 Å². The summed E-state index contributed by atoms with van der Waals surface area (Å²) >= 11 is 0. The van der Waals surface area contributed by atoms with Crippen LogP contribution in [-0.2, 0) is 6.61 Å². The minimum Gasteiger partial charge on any atom is -0.491 e. The van der Waals surface area contributed by atoms with Gasteiger partial charge in [-0.15, -0.1) is 0 Å². The maximum Gasteiger partial charge on any atom is 0.343 e. The molecule has 116 valence electrons. The lowest BCUT2D eigenvalue weighted by Gasteiger charge is -2.15. The first-order valence-electron chi connectivity index (χ1n) is 6.99. The zero-order chi connectivity index (χ0) is 15.9. The second-order valence-electron chi connectivity index (χ2n) is 5.00. The zero-order valence-corrected chi connectivity index (χ0v) is 12.4. The number of rotatable bonds is 7. The highest BCUT2D eigenvalue weighted by atomic mass is 16.5. The summed E-state index contributed by atoms with van der Waals surface area (Å²) in [6, 6.07) is 14.3. The van der Waals surface area contributed by atoms with Crippen LogP contribution in [0.1, 0.15) is 22.8 Å². The summed E-state index contributed by atoms with van der Waals surface area (Å²) in [7, 11) is 0. The summed E-state index contributed by atoms with van der Waals surface area (Å²) in [5.41, 5.74) is 6.61. The van der Waals surface area contributed by atoms with Crippen molar-refractivity contribution in [1.82, 2.24) is 0 Å². The van der Waals surface area contributed by atoms with Gasteiger partial charge in [-0.2, -0.15) is 0 Å². The Morgan fingerprint density at radius 2 is 1.73 bits per heavy atom. The van der Waals surface area contributed by atoms with Gasteiger partial charge in [0, 0.05) is 6.04 Å².